The number of nitrogen functional groups attached to an aromatic ring is 1. The molecule has 0 fully saturated rings. The summed E-state index contributed by atoms with van der Waals surface area (Å²) in [6.07, 6.45) is 1.71. The Morgan fingerprint density at radius 1 is 1.42 bits per heavy atom. The molecule has 4 heteroatoms. The molecule has 0 atom stereocenters. The van der Waals surface area contributed by atoms with Gasteiger partial charge in [0.15, 0.2) is 0 Å². The van der Waals surface area contributed by atoms with Gasteiger partial charge in [-0.05, 0) is 32.9 Å². The number of carbonyl (C=O) groups is 1. The summed E-state index contributed by atoms with van der Waals surface area (Å²) < 4.78 is 5.14. The number of ether oxygens (including phenoxy) is 1. The first-order valence-corrected chi connectivity index (χ1v) is 6.17. The maximum atomic E-state index is 12.6. The number of rotatable bonds is 4. The molecule has 2 N–H and O–H groups in total. The number of methoxy groups -OCH3 is 1. The summed E-state index contributed by atoms with van der Waals surface area (Å²) in [7, 11) is 1.55. The van der Waals surface area contributed by atoms with Gasteiger partial charge < -0.3 is 15.4 Å². The van der Waals surface area contributed by atoms with Gasteiger partial charge in [0.25, 0.3) is 5.91 Å². The minimum atomic E-state index is -0.289. The zero-order valence-corrected chi connectivity index (χ0v) is 12.1. The molecule has 0 saturated carbocycles. The Morgan fingerprint density at radius 3 is 2.53 bits per heavy atom. The second-order valence-electron chi connectivity index (χ2n) is 5.37. The van der Waals surface area contributed by atoms with Crippen molar-refractivity contribution in [2.24, 2.45) is 0 Å². The molecule has 1 amide bonds. The van der Waals surface area contributed by atoms with Crippen LogP contribution < -0.4 is 10.5 Å². The maximum Gasteiger partial charge on any atom is 0.254 e. The standard InChI is InChI=1S/C15H22N2O2/c1-6-7-17(15(2,3)4)14(18)11-8-12(16)10-13(9-11)19-5/h6,8-10H,1,7,16H2,2-5H3. The third-order valence-electron chi connectivity index (χ3n) is 2.78. The van der Waals surface area contributed by atoms with Crippen LogP contribution in [0, 0.1) is 0 Å². The summed E-state index contributed by atoms with van der Waals surface area (Å²) in [6.45, 7) is 10.1. The molecule has 1 aromatic carbocycles. The quantitative estimate of drug-likeness (QED) is 0.670. The van der Waals surface area contributed by atoms with Crippen LogP contribution >= 0.6 is 0 Å². The van der Waals surface area contributed by atoms with Crippen molar-refractivity contribution in [3.8, 4) is 5.75 Å². The van der Waals surface area contributed by atoms with Crippen LogP contribution in [0.5, 0.6) is 5.75 Å². The molecule has 0 heterocycles. The highest BCUT2D eigenvalue weighted by atomic mass is 16.5. The fourth-order valence-corrected chi connectivity index (χ4v) is 1.81. The van der Waals surface area contributed by atoms with E-state index in [0.717, 1.165) is 0 Å². The van der Waals surface area contributed by atoms with E-state index in [-0.39, 0.29) is 11.4 Å². The monoisotopic (exact) mass is 262 g/mol. The van der Waals surface area contributed by atoms with Crippen LogP contribution in [0.15, 0.2) is 30.9 Å². The van der Waals surface area contributed by atoms with Gasteiger partial charge in [0.1, 0.15) is 5.75 Å². The van der Waals surface area contributed by atoms with Gasteiger partial charge in [-0.15, -0.1) is 6.58 Å². The molecular formula is C15H22N2O2. The van der Waals surface area contributed by atoms with Crippen molar-refractivity contribution < 1.29 is 9.53 Å². The van der Waals surface area contributed by atoms with E-state index >= 15 is 0 Å². The Kier molecular flexibility index (Phi) is 4.59. The van der Waals surface area contributed by atoms with Crippen LogP contribution in [-0.2, 0) is 0 Å². The first-order valence-electron chi connectivity index (χ1n) is 6.17. The van der Waals surface area contributed by atoms with Crippen molar-refractivity contribution in [2.75, 3.05) is 19.4 Å². The molecule has 0 radical (unpaired) electrons. The highest BCUT2D eigenvalue weighted by Gasteiger charge is 2.26. The molecule has 4 nitrogen and oxygen atoms in total. The van der Waals surface area contributed by atoms with Gasteiger partial charge >= 0.3 is 0 Å². The van der Waals surface area contributed by atoms with Crippen molar-refractivity contribution in [3.05, 3.63) is 36.4 Å². The second-order valence-corrected chi connectivity index (χ2v) is 5.37. The van der Waals surface area contributed by atoms with E-state index in [9.17, 15) is 4.79 Å². The van der Waals surface area contributed by atoms with Crippen molar-refractivity contribution in [1.29, 1.82) is 0 Å². The van der Waals surface area contributed by atoms with Crippen LogP contribution in [0.3, 0.4) is 0 Å². The van der Waals surface area contributed by atoms with Gasteiger partial charge in [-0.25, -0.2) is 0 Å². The molecule has 19 heavy (non-hydrogen) atoms. The predicted molar refractivity (Wildman–Crippen MR) is 78.4 cm³/mol. The fourth-order valence-electron chi connectivity index (χ4n) is 1.81. The summed E-state index contributed by atoms with van der Waals surface area (Å²) in [5.41, 5.74) is 6.53. The number of benzene rings is 1. The first-order chi connectivity index (χ1) is 8.79. The van der Waals surface area contributed by atoms with E-state index < -0.39 is 0 Å². The lowest BCUT2D eigenvalue weighted by molar-refractivity contribution is 0.0616. The summed E-state index contributed by atoms with van der Waals surface area (Å²) in [5, 5.41) is 0. The molecule has 0 aliphatic heterocycles. The molecule has 104 valence electrons. The fraction of sp³-hybridized carbons (Fsp3) is 0.400. The topological polar surface area (TPSA) is 55.6 Å². The average Bonchev–Trinajstić information content (AvgIpc) is 2.32. The number of anilines is 1. The van der Waals surface area contributed by atoms with E-state index in [4.69, 9.17) is 10.5 Å². The van der Waals surface area contributed by atoms with Crippen molar-refractivity contribution >= 4 is 11.6 Å². The van der Waals surface area contributed by atoms with Gasteiger partial charge in [-0.3, -0.25) is 4.79 Å². The Labute approximate surface area is 114 Å². The van der Waals surface area contributed by atoms with Gasteiger partial charge in [-0.1, -0.05) is 6.08 Å². The molecule has 0 saturated heterocycles. The summed E-state index contributed by atoms with van der Waals surface area (Å²) in [4.78, 5) is 14.3. The van der Waals surface area contributed by atoms with E-state index in [1.807, 2.05) is 20.8 Å². The average molecular weight is 262 g/mol. The van der Waals surface area contributed by atoms with E-state index in [1.54, 1.807) is 36.3 Å². The van der Waals surface area contributed by atoms with Crippen LogP contribution in [0.4, 0.5) is 5.69 Å². The molecule has 0 aromatic heterocycles. The van der Waals surface area contributed by atoms with Crippen LogP contribution in [0.2, 0.25) is 0 Å². The number of amides is 1. The molecular weight excluding hydrogens is 240 g/mol. The molecule has 0 spiro atoms. The lowest BCUT2D eigenvalue weighted by atomic mass is 10.0. The number of carbonyl (C=O) groups excluding carboxylic acids is 1. The van der Waals surface area contributed by atoms with Crippen LogP contribution in [0.25, 0.3) is 0 Å². The van der Waals surface area contributed by atoms with Gasteiger partial charge in [0, 0.05) is 29.4 Å². The zero-order chi connectivity index (χ0) is 14.6. The van der Waals surface area contributed by atoms with Crippen molar-refractivity contribution in [3.63, 3.8) is 0 Å². The summed E-state index contributed by atoms with van der Waals surface area (Å²) in [5.74, 6) is 0.494. The molecule has 1 aromatic rings. The molecule has 1 rings (SSSR count). The lowest BCUT2D eigenvalue weighted by Crippen LogP contribution is -2.45. The Morgan fingerprint density at radius 2 is 2.05 bits per heavy atom. The Balaban J connectivity index is 3.16. The minimum Gasteiger partial charge on any atom is -0.497 e. The largest absolute Gasteiger partial charge is 0.497 e. The Hall–Kier alpha value is -1.97. The van der Waals surface area contributed by atoms with Gasteiger partial charge in [0.2, 0.25) is 0 Å². The number of nitrogens with zero attached hydrogens (tertiary/aromatic N) is 1. The third-order valence-corrected chi connectivity index (χ3v) is 2.78. The van der Waals surface area contributed by atoms with Crippen LogP contribution in [-0.4, -0.2) is 30.0 Å². The molecule has 0 aliphatic rings. The minimum absolute atomic E-state index is 0.0852. The van der Waals surface area contributed by atoms with E-state index in [0.29, 0.717) is 23.5 Å². The molecule has 0 bridgehead atoms. The van der Waals surface area contributed by atoms with Crippen LogP contribution in [0.1, 0.15) is 31.1 Å². The SMILES string of the molecule is C=CCN(C(=O)c1cc(N)cc(OC)c1)C(C)(C)C. The lowest BCUT2D eigenvalue weighted by Gasteiger charge is -2.35. The van der Waals surface area contributed by atoms with Crippen molar-refractivity contribution in [1.82, 2.24) is 4.90 Å². The summed E-state index contributed by atoms with van der Waals surface area (Å²) in [6, 6.07) is 5.04. The first kappa shape index (κ1) is 15.1. The maximum absolute atomic E-state index is 12.6. The predicted octanol–water partition coefficient (Wildman–Crippen LogP) is 2.70. The van der Waals surface area contributed by atoms with Gasteiger partial charge in [0.05, 0.1) is 7.11 Å². The summed E-state index contributed by atoms with van der Waals surface area (Å²) >= 11 is 0. The number of hydrogen-bond acceptors (Lipinski definition) is 3. The molecule has 0 aliphatic carbocycles. The Bertz CT molecular complexity index is 476. The smallest absolute Gasteiger partial charge is 0.254 e. The molecule has 0 unspecified atom stereocenters. The highest BCUT2D eigenvalue weighted by molar-refractivity contribution is 5.96. The van der Waals surface area contributed by atoms with E-state index in [2.05, 4.69) is 6.58 Å². The number of hydrogen-bond donors (Lipinski definition) is 1. The highest BCUT2D eigenvalue weighted by Crippen LogP contribution is 2.23. The third kappa shape index (κ3) is 3.74. The number of nitrogens with two attached hydrogens (primary N) is 1. The zero-order valence-electron chi connectivity index (χ0n) is 12.1. The van der Waals surface area contributed by atoms with Crippen molar-refractivity contribution in [2.45, 2.75) is 26.3 Å². The van der Waals surface area contributed by atoms with Gasteiger partial charge in [-0.2, -0.15) is 0 Å². The normalized spacial score (nSPS) is 10.9. The second kappa shape index (κ2) is 5.78. The van der Waals surface area contributed by atoms with E-state index in [1.165, 1.54) is 0 Å².